The molecule has 2 saturated heterocycles. The first-order chi connectivity index (χ1) is 15.0. The van der Waals surface area contributed by atoms with Crippen LogP contribution in [0.5, 0.6) is 5.75 Å². The van der Waals surface area contributed by atoms with E-state index in [0.29, 0.717) is 11.8 Å². The van der Waals surface area contributed by atoms with Gasteiger partial charge in [0.1, 0.15) is 11.6 Å². The summed E-state index contributed by atoms with van der Waals surface area (Å²) in [5.74, 6) is 2.70. The van der Waals surface area contributed by atoms with Crippen molar-refractivity contribution in [3.05, 3.63) is 59.9 Å². The molecule has 2 fully saturated rings. The van der Waals surface area contributed by atoms with Gasteiger partial charge in [0.2, 0.25) is 0 Å². The second-order valence-corrected chi connectivity index (χ2v) is 8.87. The number of ether oxygens (including phenoxy) is 1. The van der Waals surface area contributed by atoms with Crippen LogP contribution in [0.25, 0.3) is 11.0 Å². The number of fused-ring (bicyclic) bond motifs is 2. The number of amides is 2. The molecule has 2 aliphatic heterocycles. The van der Waals surface area contributed by atoms with Crippen LogP contribution >= 0.6 is 0 Å². The fraction of sp³-hybridized carbons (Fsp3) is 0.417. The Balaban J connectivity index is 1.37. The number of carbonyl (C=O) groups excluding carboxylic acids is 1. The summed E-state index contributed by atoms with van der Waals surface area (Å²) in [7, 11) is 5.33. The molecule has 2 amide bonds. The van der Waals surface area contributed by atoms with Gasteiger partial charge in [-0.3, -0.25) is 4.90 Å². The predicted octanol–water partition coefficient (Wildman–Crippen LogP) is 3.36. The van der Waals surface area contributed by atoms with Crippen LogP contribution in [-0.2, 0) is 6.54 Å². The van der Waals surface area contributed by atoms with E-state index in [9.17, 15) is 4.79 Å². The van der Waals surface area contributed by atoms with Crippen LogP contribution in [0, 0.1) is 11.8 Å². The Morgan fingerprint density at radius 2 is 1.90 bits per heavy atom. The molecule has 3 atom stereocenters. The van der Waals surface area contributed by atoms with Gasteiger partial charge in [0.05, 0.1) is 30.7 Å². The van der Waals surface area contributed by atoms with E-state index in [4.69, 9.17) is 9.72 Å². The third kappa shape index (κ3) is 3.63. The molecule has 0 bridgehead atoms. The van der Waals surface area contributed by atoms with E-state index in [0.717, 1.165) is 48.8 Å². The highest BCUT2D eigenvalue weighted by Gasteiger charge is 2.49. The Labute approximate surface area is 182 Å². The molecule has 5 rings (SSSR count). The molecule has 0 saturated carbocycles. The largest absolute Gasteiger partial charge is 0.497 e. The molecule has 0 radical (unpaired) electrons. The zero-order valence-electron chi connectivity index (χ0n) is 18.3. The van der Waals surface area contributed by atoms with E-state index in [1.54, 1.807) is 12.0 Å². The number of nitrogens with one attached hydrogen (secondary N) is 1. The maximum Gasteiger partial charge on any atom is 0.320 e. The lowest BCUT2D eigenvalue weighted by atomic mass is 9.89. The topological polar surface area (TPSA) is 64.7 Å². The van der Waals surface area contributed by atoms with E-state index in [-0.39, 0.29) is 12.1 Å². The summed E-state index contributed by atoms with van der Waals surface area (Å²) in [5, 5.41) is 0. The number of likely N-dealkylation sites (tertiary alicyclic amines) is 2. The minimum absolute atomic E-state index is 0.0754. The van der Waals surface area contributed by atoms with Crippen molar-refractivity contribution in [3.63, 3.8) is 0 Å². The molecular formula is C24H29N5O2. The second kappa shape index (κ2) is 7.89. The summed E-state index contributed by atoms with van der Waals surface area (Å²) in [6, 6.07) is 16.5. The maximum atomic E-state index is 13.0. The van der Waals surface area contributed by atoms with Crippen molar-refractivity contribution >= 4 is 17.1 Å². The Morgan fingerprint density at radius 3 is 2.61 bits per heavy atom. The Morgan fingerprint density at radius 1 is 1.13 bits per heavy atom. The number of hydrogen-bond donors (Lipinski definition) is 1. The predicted molar refractivity (Wildman–Crippen MR) is 120 cm³/mol. The molecule has 0 spiro atoms. The normalized spacial score (nSPS) is 23.3. The maximum absolute atomic E-state index is 13.0. The van der Waals surface area contributed by atoms with Crippen LogP contribution in [0.2, 0.25) is 0 Å². The van der Waals surface area contributed by atoms with Crippen molar-refractivity contribution in [3.8, 4) is 5.75 Å². The van der Waals surface area contributed by atoms with Crippen LogP contribution < -0.4 is 4.74 Å². The summed E-state index contributed by atoms with van der Waals surface area (Å²) in [6.45, 7) is 3.52. The Hall–Kier alpha value is -3.06. The van der Waals surface area contributed by atoms with Gasteiger partial charge in [-0.05, 0) is 35.7 Å². The van der Waals surface area contributed by atoms with E-state index in [1.165, 1.54) is 5.56 Å². The van der Waals surface area contributed by atoms with Crippen LogP contribution in [0.4, 0.5) is 4.79 Å². The van der Waals surface area contributed by atoms with Gasteiger partial charge in [-0.2, -0.15) is 0 Å². The van der Waals surface area contributed by atoms with Crippen molar-refractivity contribution in [1.29, 1.82) is 0 Å². The lowest BCUT2D eigenvalue weighted by molar-refractivity contribution is 0.151. The molecule has 162 valence electrons. The van der Waals surface area contributed by atoms with Crippen LogP contribution in [-0.4, -0.2) is 71.5 Å². The number of benzene rings is 2. The molecule has 7 heteroatoms. The molecule has 2 aromatic carbocycles. The van der Waals surface area contributed by atoms with Gasteiger partial charge in [-0.25, -0.2) is 9.78 Å². The van der Waals surface area contributed by atoms with Crippen LogP contribution in [0.15, 0.2) is 48.5 Å². The van der Waals surface area contributed by atoms with Crippen molar-refractivity contribution in [2.24, 2.45) is 11.8 Å². The van der Waals surface area contributed by atoms with E-state index < -0.39 is 0 Å². The lowest BCUT2D eigenvalue weighted by Crippen LogP contribution is -2.41. The van der Waals surface area contributed by atoms with Gasteiger partial charge in [0, 0.05) is 39.6 Å². The van der Waals surface area contributed by atoms with E-state index >= 15 is 0 Å². The quantitative estimate of drug-likeness (QED) is 0.704. The molecule has 2 aliphatic rings. The average molecular weight is 420 g/mol. The van der Waals surface area contributed by atoms with Crippen LogP contribution in [0.1, 0.15) is 17.4 Å². The highest BCUT2D eigenvalue weighted by atomic mass is 16.5. The molecule has 31 heavy (non-hydrogen) atoms. The molecule has 1 aromatic heterocycles. The van der Waals surface area contributed by atoms with Gasteiger partial charge in [0.15, 0.2) is 0 Å². The second-order valence-electron chi connectivity index (χ2n) is 8.87. The van der Waals surface area contributed by atoms with Gasteiger partial charge in [-0.1, -0.05) is 24.3 Å². The first-order valence-corrected chi connectivity index (χ1v) is 10.8. The zero-order chi connectivity index (χ0) is 21.5. The van der Waals surface area contributed by atoms with E-state index in [1.807, 2.05) is 44.4 Å². The lowest BCUT2D eigenvalue weighted by Gasteiger charge is -2.31. The molecule has 3 aromatic rings. The number of aromatic amines is 1. The van der Waals surface area contributed by atoms with Gasteiger partial charge >= 0.3 is 6.03 Å². The fourth-order valence-corrected chi connectivity index (χ4v) is 5.24. The van der Waals surface area contributed by atoms with Crippen molar-refractivity contribution in [2.45, 2.75) is 12.6 Å². The molecule has 0 unspecified atom stereocenters. The third-order valence-corrected chi connectivity index (χ3v) is 6.64. The summed E-state index contributed by atoms with van der Waals surface area (Å²) in [5.41, 5.74) is 3.26. The third-order valence-electron chi connectivity index (χ3n) is 6.64. The van der Waals surface area contributed by atoms with Crippen molar-refractivity contribution < 1.29 is 9.53 Å². The summed E-state index contributed by atoms with van der Waals surface area (Å²) < 4.78 is 5.33. The van der Waals surface area contributed by atoms with Crippen molar-refractivity contribution in [1.82, 2.24) is 24.7 Å². The number of carbonyl (C=O) groups is 1. The van der Waals surface area contributed by atoms with Gasteiger partial charge in [-0.15, -0.1) is 0 Å². The first-order valence-electron chi connectivity index (χ1n) is 10.8. The smallest absolute Gasteiger partial charge is 0.320 e. The number of nitrogens with zero attached hydrogens (tertiary/aromatic N) is 4. The summed E-state index contributed by atoms with van der Waals surface area (Å²) in [4.78, 5) is 27.4. The number of rotatable bonds is 4. The zero-order valence-corrected chi connectivity index (χ0v) is 18.3. The average Bonchev–Trinajstić information content (AvgIpc) is 3.45. The SMILES string of the molecule is COc1ccc([C@H]2[C@@H]3CN(Cc4nc5ccccc5[nH]4)C[C@@H]3CN2C(=O)N(C)C)cc1. The monoisotopic (exact) mass is 419 g/mol. The molecule has 0 aliphatic carbocycles. The number of urea groups is 1. The van der Waals surface area contributed by atoms with Crippen LogP contribution in [0.3, 0.4) is 0 Å². The number of H-pyrrole nitrogens is 1. The summed E-state index contributed by atoms with van der Waals surface area (Å²) in [6.07, 6.45) is 0. The number of para-hydroxylation sites is 2. The Bertz CT molecular complexity index is 1040. The fourth-order valence-electron chi connectivity index (χ4n) is 5.24. The first kappa shape index (κ1) is 19.9. The standard InChI is InChI=1S/C24H29N5O2/c1-27(2)24(30)29-13-17-12-28(15-22-25-20-6-4-5-7-21(20)26-22)14-19(17)23(29)16-8-10-18(31-3)11-9-16/h4-11,17,19,23H,12-15H2,1-3H3,(H,25,26)/t17-,19-,23+/m1/s1. The Kier molecular flexibility index (Phi) is 5.06. The number of imidazole rings is 1. The van der Waals surface area contributed by atoms with E-state index in [2.05, 4.69) is 33.0 Å². The molecule has 3 heterocycles. The van der Waals surface area contributed by atoms with Crippen molar-refractivity contribution in [2.75, 3.05) is 40.8 Å². The number of aromatic nitrogens is 2. The molecule has 7 nitrogen and oxygen atoms in total. The molecular weight excluding hydrogens is 390 g/mol. The van der Waals surface area contributed by atoms with Gasteiger partial charge in [0.25, 0.3) is 0 Å². The highest BCUT2D eigenvalue weighted by Crippen LogP contribution is 2.45. The highest BCUT2D eigenvalue weighted by molar-refractivity contribution is 5.75. The molecule has 1 N–H and O–H groups in total. The van der Waals surface area contributed by atoms with Gasteiger partial charge < -0.3 is 19.5 Å². The number of hydrogen-bond acceptors (Lipinski definition) is 4. The minimum Gasteiger partial charge on any atom is -0.497 e. The summed E-state index contributed by atoms with van der Waals surface area (Å²) >= 11 is 0. The minimum atomic E-state index is 0.0754. The number of methoxy groups -OCH3 is 1.